The van der Waals surface area contributed by atoms with Crippen molar-refractivity contribution < 1.29 is 9.90 Å². The average molecular weight is 246 g/mol. The molecular weight excluding hydrogens is 228 g/mol. The fraction of sp³-hybridized carbons (Fsp3) is 0.429. The summed E-state index contributed by atoms with van der Waals surface area (Å²) in [7, 11) is 0. The Morgan fingerprint density at radius 1 is 1.33 bits per heavy atom. The molecule has 2 aromatic rings. The lowest BCUT2D eigenvalue weighted by atomic mass is 9.89. The third-order valence-corrected chi connectivity index (χ3v) is 2.72. The minimum atomic E-state index is -0.870. The fourth-order valence-corrected chi connectivity index (χ4v) is 2.08. The minimum absolute atomic E-state index is 0.0926. The zero-order valence-electron chi connectivity index (χ0n) is 11.0. The lowest BCUT2D eigenvalue weighted by Gasteiger charge is -2.16. The van der Waals surface area contributed by atoms with E-state index in [2.05, 4.69) is 25.9 Å². The Morgan fingerprint density at radius 2 is 2.00 bits per heavy atom. The third kappa shape index (κ3) is 2.70. The summed E-state index contributed by atoms with van der Waals surface area (Å²) in [5.41, 5.74) is 1.99. The molecule has 0 saturated carbocycles. The number of nitrogens with zero attached hydrogens (tertiary/aromatic N) is 2. The van der Waals surface area contributed by atoms with Crippen molar-refractivity contribution in [2.75, 3.05) is 0 Å². The van der Waals surface area contributed by atoms with Crippen LogP contribution in [0.2, 0.25) is 0 Å². The molecule has 0 aliphatic carbocycles. The number of fused-ring (bicyclic) bond motifs is 1. The average Bonchev–Trinajstić information content (AvgIpc) is 2.54. The van der Waals surface area contributed by atoms with Crippen molar-refractivity contribution in [3.8, 4) is 0 Å². The zero-order valence-corrected chi connectivity index (χ0v) is 11.0. The highest BCUT2D eigenvalue weighted by atomic mass is 16.4. The van der Waals surface area contributed by atoms with E-state index in [1.807, 2.05) is 24.3 Å². The summed E-state index contributed by atoms with van der Waals surface area (Å²) in [4.78, 5) is 10.8. The zero-order chi connectivity index (χ0) is 13.3. The summed E-state index contributed by atoms with van der Waals surface area (Å²) in [6.45, 7) is 6.36. The maximum absolute atomic E-state index is 10.8. The molecule has 0 radical (unpaired) electrons. The molecule has 2 rings (SSSR count). The number of carboxylic acids is 1. The normalized spacial score (nSPS) is 11.9. The molecule has 1 aromatic heterocycles. The molecule has 1 N–H and O–H groups in total. The van der Waals surface area contributed by atoms with E-state index in [1.165, 1.54) is 0 Å². The van der Waals surface area contributed by atoms with Crippen LogP contribution in [0.1, 0.15) is 26.5 Å². The predicted octanol–water partition coefficient (Wildman–Crippen LogP) is 2.71. The molecule has 96 valence electrons. The molecule has 4 heteroatoms. The Bertz CT molecular complexity index is 579. The van der Waals surface area contributed by atoms with Gasteiger partial charge in [-0.1, -0.05) is 39.0 Å². The van der Waals surface area contributed by atoms with Crippen LogP contribution in [-0.2, 0) is 17.8 Å². The van der Waals surface area contributed by atoms with Gasteiger partial charge in [0.25, 0.3) is 0 Å². The predicted molar refractivity (Wildman–Crippen MR) is 70.5 cm³/mol. The molecule has 0 spiro atoms. The molecule has 0 aliphatic rings. The standard InChI is InChI=1S/C14H18N2O2/c1-14(2,3)8-11-10-6-4-5-7-12(10)16(15-11)9-13(17)18/h4-7H,8-9H2,1-3H3,(H,17,18). The van der Waals surface area contributed by atoms with Gasteiger partial charge >= 0.3 is 5.97 Å². The number of para-hydroxylation sites is 1. The third-order valence-electron chi connectivity index (χ3n) is 2.72. The number of rotatable bonds is 3. The van der Waals surface area contributed by atoms with Gasteiger partial charge in [-0.2, -0.15) is 5.10 Å². The van der Waals surface area contributed by atoms with Crippen LogP contribution in [0.5, 0.6) is 0 Å². The Labute approximate surface area is 106 Å². The molecule has 0 bridgehead atoms. The van der Waals surface area contributed by atoms with Crippen molar-refractivity contribution in [1.82, 2.24) is 9.78 Å². The van der Waals surface area contributed by atoms with Gasteiger partial charge in [0.1, 0.15) is 6.54 Å². The van der Waals surface area contributed by atoms with Gasteiger partial charge in [0, 0.05) is 5.39 Å². The number of hydrogen-bond donors (Lipinski definition) is 1. The van der Waals surface area contributed by atoms with E-state index < -0.39 is 5.97 Å². The Balaban J connectivity index is 2.50. The van der Waals surface area contributed by atoms with Gasteiger partial charge in [0.15, 0.2) is 0 Å². The van der Waals surface area contributed by atoms with Crippen LogP contribution in [0.15, 0.2) is 24.3 Å². The van der Waals surface area contributed by atoms with Crippen LogP contribution in [0.4, 0.5) is 0 Å². The van der Waals surface area contributed by atoms with Crippen molar-refractivity contribution in [3.05, 3.63) is 30.0 Å². The molecule has 0 saturated heterocycles. The van der Waals surface area contributed by atoms with Gasteiger partial charge in [0.2, 0.25) is 0 Å². The first-order valence-electron chi connectivity index (χ1n) is 6.03. The van der Waals surface area contributed by atoms with Crippen molar-refractivity contribution in [1.29, 1.82) is 0 Å². The summed E-state index contributed by atoms with van der Waals surface area (Å²) in [5.74, 6) is -0.870. The Kier molecular flexibility index (Phi) is 3.11. The van der Waals surface area contributed by atoms with Crippen LogP contribution in [-0.4, -0.2) is 20.9 Å². The molecule has 0 aliphatic heterocycles. The van der Waals surface area contributed by atoms with Crippen molar-refractivity contribution in [2.45, 2.75) is 33.7 Å². The first-order chi connectivity index (χ1) is 8.37. The molecular formula is C14H18N2O2. The molecule has 0 atom stereocenters. The largest absolute Gasteiger partial charge is 0.480 e. The van der Waals surface area contributed by atoms with Crippen molar-refractivity contribution in [2.24, 2.45) is 5.41 Å². The summed E-state index contributed by atoms with van der Waals surface area (Å²) in [5, 5.41) is 14.4. The molecule has 18 heavy (non-hydrogen) atoms. The smallest absolute Gasteiger partial charge is 0.325 e. The summed E-state index contributed by atoms with van der Waals surface area (Å²) in [6, 6.07) is 7.78. The summed E-state index contributed by atoms with van der Waals surface area (Å²) in [6.07, 6.45) is 0.833. The molecule has 0 fully saturated rings. The van der Waals surface area contributed by atoms with Crippen LogP contribution in [0.25, 0.3) is 10.9 Å². The molecule has 1 heterocycles. The van der Waals surface area contributed by atoms with Crippen LogP contribution in [0, 0.1) is 5.41 Å². The highest BCUT2D eigenvalue weighted by Crippen LogP contribution is 2.26. The number of hydrogen-bond acceptors (Lipinski definition) is 2. The van der Waals surface area contributed by atoms with E-state index in [4.69, 9.17) is 5.11 Å². The van der Waals surface area contributed by atoms with Crippen molar-refractivity contribution >= 4 is 16.9 Å². The first-order valence-corrected chi connectivity index (χ1v) is 6.03. The summed E-state index contributed by atoms with van der Waals surface area (Å²) < 4.78 is 1.57. The van der Waals surface area contributed by atoms with Gasteiger partial charge in [-0.25, -0.2) is 0 Å². The van der Waals surface area contributed by atoms with Crippen LogP contribution in [0.3, 0.4) is 0 Å². The van der Waals surface area contributed by atoms with Gasteiger partial charge < -0.3 is 5.11 Å². The van der Waals surface area contributed by atoms with E-state index in [9.17, 15) is 4.79 Å². The highest BCUT2D eigenvalue weighted by Gasteiger charge is 2.18. The Morgan fingerprint density at radius 3 is 2.61 bits per heavy atom. The first kappa shape index (κ1) is 12.6. The molecule has 0 amide bonds. The second-order valence-corrected chi connectivity index (χ2v) is 5.75. The number of aromatic nitrogens is 2. The number of aliphatic carboxylic acids is 1. The van der Waals surface area contributed by atoms with Gasteiger partial charge in [0.05, 0.1) is 11.2 Å². The SMILES string of the molecule is CC(C)(C)Cc1nn(CC(=O)O)c2ccccc12. The number of carbonyl (C=O) groups is 1. The van der Waals surface area contributed by atoms with E-state index >= 15 is 0 Å². The molecule has 4 nitrogen and oxygen atoms in total. The van der Waals surface area contributed by atoms with Crippen LogP contribution < -0.4 is 0 Å². The minimum Gasteiger partial charge on any atom is -0.480 e. The highest BCUT2D eigenvalue weighted by molar-refractivity contribution is 5.83. The van der Waals surface area contributed by atoms with E-state index in [-0.39, 0.29) is 12.0 Å². The second-order valence-electron chi connectivity index (χ2n) is 5.75. The second kappa shape index (κ2) is 4.44. The number of carboxylic acid groups (broad SMARTS) is 1. The fourth-order valence-electron chi connectivity index (χ4n) is 2.08. The van der Waals surface area contributed by atoms with E-state index in [0.29, 0.717) is 0 Å². The lowest BCUT2D eigenvalue weighted by molar-refractivity contribution is -0.137. The topological polar surface area (TPSA) is 55.1 Å². The van der Waals surface area contributed by atoms with Gasteiger partial charge in [-0.15, -0.1) is 0 Å². The van der Waals surface area contributed by atoms with Crippen molar-refractivity contribution in [3.63, 3.8) is 0 Å². The lowest BCUT2D eigenvalue weighted by Crippen LogP contribution is -2.12. The van der Waals surface area contributed by atoms with E-state index in [1.54, 1.807) is 4.68 Å². The van der Waals surface area contributed by atoms with E-state index in [0.717, 1.165) is 23.0 Å². The maximum Gasteiger partial charge on any atom is 0.325 e. The van der Waals surface area contributed by atoms with Gasteiger partial charge in [-0.3, -0.25) is 9.48 Å². The maximum atomic E-state index is 10.8. The molecule has 0 unspecified atom stereocenters. The monoisotopic (exact) mass is 246 g/mol. The van der Waals surface area contributed by atoms with Crippen LogP contribution >= 0.6 is 0 Å². The Hall–Kier alpha value is -1.84. The molecule has 1 aromatic carbocycles. The quantitative estimate of drug-likeness (QED) is 0.906. The number of benzene rings is 1. The summed E-state index contributed by atoms with van der Waals surface area (Å²) >= 11 is 0. The van der Waals surface area contributed by atoms with Gasteiger partial charge in [-0.05, 0) is 17.9 Å².